The van der Waals surface area contributed by atoms with Gasteiger partial charge in [-0.1, -0.05) is 42.2 Å². The summed E-state index contributed by atoms with van der Waals surface area (Å²) in [6.45, 7) is 0.485. The zero-order chi connectivity index (χ0) is 14.9. The predicted octanol–water partition coefficient (Wildman–Crippen LogP) is 2.49. The van der Waals surface area contributed by atoms with E-state index in [1.54, 1.807) is 0 Å². The minimum absolute atomic E-state index is 0.000419. The largest absolute Gasteiger partial charge is 0.489 e. The zero-order valence-electron chi connectivity index (χ0n) is 11.7. The van der Waals surface area contributed by atoms with Crippen LogP contribution < -0.4 is 4.74 Å². The minimum Gasteiger partial charge on any atom is -0.489 e. The fourth-order valence-corrected chi connectivity index (χ4v) is 1.88. The topological polar surface area (TPSA) is 49.7 Å². The van der Waals surface area contributed by atoms with Crippen molar-refractivity contribution in [3.8, 4) is 17.6 Å². The van der Waals surface area contributed by atoms with Gasteiger partial charge in [0.1, 0.15) is 12.4 Å². The fraction of sp³-hybridized carbons (Fsp3) is 0.222. The molecular formula is C18H18O3. The molecule has 0 bridgehead atoms. The second-order valence-corrected chi connectivity index (χ2v) is 4.53. The maximum atomic E-state index is 9.12. The lowest BCUT2D eigenvalue weighted by Crippen LogP contribution is -1.98. The van der Waals surface area contributed by atoms with E-state index >= 15 is 0 Å². The highest BCUT2D eigenvalue weighted by Gasteiger charge is 2.01. The number of benzene rings is 2. The molecule has 0 spiro atoms. The highest BCUT2D eigenvalue weighted by molar-refractivity contribution is 5.41. The molecule has 0 saturated heterocycles. The summed E-state index contributed by atoms with van der Waals surface area (Å²) in [6.07, 6.45) is 0.466. The van der Waals surface area contributed by atoms with E-state index in [4.69, 9.17) is 14.9 Å². The lowest BCUT2D eigenvalue weighted by Gasteiger charge is -2.09. The van der Waals surface area contributed by atoms with Gasteiger partial charge < -0.3 is 14.9 Å². The molecule has 0 atom stereocenters. The van der Waals surface area contributed by atoms with E-state index in [0.29, 0.717) is 13.0 Å². The van der Waals surface area contributed by atoms with Crippen LogP contribution in [-0.2, 0) is 13.2 Å². The van der Waals surface area contributed by atoms with Gasteiger partial charge in [-0.3, -0.25) is 0 Å². The van der Waals surface area contributed by atoms with Crippen molar-refractivity contribution in [3.63, 3.8) is 0 Å². The van der Waals surface area contributed by atoms with Crippen molar-refractivity contribution in [2.45, 2.75) is 19.6 Å². The molecule has 108 valence electrons. The average molecular weight is 282 g/mol. The van der Waals surface area contributed by atoms with Gasteiger partial charge in [0.2, 0.25) is 0 Å². The highest BCUT2D eigenvalue weighted by atomic mass is 16.5. The minimum atomic E-state index is 0.000419. The van der Waals surface area contributed by atoms with Gasteiger partial charge >= 0.3 is 0 Å². The number of aliphatic hydroxyl groups excluding tert-OH is 2. The molecule has 21 heavy (non-hydrogen) atoms. The van der Waals surface area contributed by atoms with Crippen molar-refractivity contribution in [2.75, 3.05) is 6.61 Å². The monoisotopic (exact) mass is 282 g/mol. The Bertz CT molecular complexity index is 638. The van der Waals surface area contributed by atoms with Gasteiger partial charge in [-0.15, -0.1) is 0 Å². The molecule has 3 nitrogen and oxygen atoms in total. The van der Waals surface area contributed by atoms with Gasteiger partial charge in [0.25, 0.3) is 0 Å². The molecule has 0 amide bonds. The lowest BCUT2D eigenvalue weighted by molar-refractivity contribution is 0.278. The van der Waals surface area contributed by atoms with Crippen LogP contribution in [0.25, 0.3) is 0 Å². The maximum absolute atomic E-state index is 9.12. The quantitative estimate of drug-likeness (QED) is 0.828. The van der Waals surface area contributed by atoms with E-state index in [-0.39, 0.29) is 13.2 Å². The first-order chi connectivity index (χ1) is 10.3. The van der Waals surface area contributed by atoms with Crippen LogP contribution in [0.4, 0.5) is 0 Å². The summed E-state index contributed by atoms with van der Waals surface area (Å²) in [5, 5.41) is 17.9. The molecule has 0 fully saturated rings. The van der Waals surface area contributed by atoms with Gasteiger partial charge in [-0.05, 0) is 23.8 Å². The van der Waals surface area contributed by atoms with Crippen LogP contribution in [0.15, 0.2) is 48.5 Å². The Labute approximate surface area is 124 Å². The smallest absolute Gasteiger partial charge is 0.120 e. The van der Waals surface area contributed by atoms with Gasteiger partial charge in [0, 0.05) is 17.5 Å². The summed E-state index contributed by atoms with van der Waals surface area (Å²) in [5.74, 6) is 6.68. The van der Waals surface area contributed by atoms with Crippen molar-refractivity contribution < 1.29 is 14.9 Å². The Balaban J connectivity index is 2.07. The van der Waals surface area contributed by atoms with Crippen molar-refractivity contribution >= 4 is 0 Å². The highest BCUT2D eigenvalue weighted by Crippen LogP contribution is 2.16. The van der Waals surface area contributed by atoms with Gasteiger partial charge in [-0.25, -0.2) is 0 Å². The van der Waals surface area contributed by atoms with Crippen molar-refractivity contribution in [3.05, 3.63) is 65.2 Å². The molecule has 2 rings (SSSR count). The lowest BCUT2D eigenvalue weighted by atomic mass is 10.1. The Morgan fingerprint density at radius 2 is 1.86 bits per heavy atom. The molecule has 2 N–H and O–H groups in total. The first-order valence-corrected chi connectivity index (χ1v) is 6.83. The number of rotatable bonds is 5. The molecular weight excluding hydrogens is 264 g/mol. The van der Waals surface area contributed by atoms with Crippen LogP contribution in [0.5, 0.6) is 5.75 Å². The summed E-state index contributed by atoms with van der Waals surface area (Å²) < 4.78 is 5.75. The first-order valence-electron chi connectivity index (χ1n) is 6.83. The van der Waals surface area contributed by atoms with E-state index in [0.717, 1.165) is 22.4 Å². The summed E-state index contributed by atoms with van der Waals surface area (Å²) in [7, 11) is 0. The van der Waals surface area contributed by atoms with Crippen molar-refractivity contribution in [2.24, 2.45) is 0 Å². The molecule has 0 radical (unpaired) electrons. The summed E-state index contributed by atoms with van der Waals surface area (Å²) in [5.41, 5.74) is 2.73. The predicted molar refractivity (Wildman–Crippen MR) is 81.7 cm³/mol. The van der Waals surface area contributed by atoms with E-state index in [1.165, 1.54) is 0 Å². The number of hydrogen-bond donors (Lipinski definition) is 2. The third-order valence-electron chi connectivity index (χ3n) is 2.95. The third-order valence-corrected chi connectivity index (χ3v) is 2.95. The van der Waals surface area contributed by atoms with Crippen molar-refractivity contribution in [1.29, 1.82) is 0 Å². The zero-order valence-corrected chi connectivity index (χ0v) is 11.7. The maximum Gasteiger partial charge on any atom is 0.120 e. The molecule has 0 unspecified atom stereocenters. The van der Waals surface area contributed by atoms with Crippen LogP contribution in [0.3, 0.4) is 0 Å². The summed E-state index contributed by atoms with van der Waals surface area (Å²) in [4.78, 5) is 0. The Kier molecular flexibility index (Phi) is 5.83. The molecule has 0 aliphatic carbocycles. The molecule has 2 aromatic rings. The molecule has 0 saturated carbocycles. The van der Waals surface area contributed by atoms with E-state index < -0.39 is 0 Å². The van der Waals surface area contributed by atoms with Crippen LogP contribution in [-0.4, -0.2) is 16.8 Å². The molecule has 3 heteroatoms. The van der Waals surface area contributed by atoms with E-state index in [2.05, 4.69) is 11.8 Å². The van der Waals surface area contributed by atoms with Gasteiger partial charge in [-0.2, -0.15) is 0 Å². The van der Waals surface area contributed by atoms with Crippen LogP contribution in [0.2, 0.25) is 0 Å². The summed E-state index contributed by atoms with van der Waals surface area (Å²) >= 11 is 0. The number of ether oxygens (including phenoxy) is 1. The Morgan fingerprint density at radius 3 is 2.67 bits per heavy atom. The van der Waals surface area contributed by atoms with Crippen LogP contribution >= 0.6 is 0 Å². The van der Waals surface area contributed by atoms with Crippen molar-refractivity contribution in [1.82, 2.24) is 0 Å². The third kappa shape index (κ3) is 4.64. The second kappa shape index (κ2) is 8.11. The number of aliphatic hydroxyl groups is 2. The molecule has 2 aromatic carbocycles. The van der Waals surface area contributed by atoms with Crippen LogP contribution in [0.1, 0.15) is 23.1 Å². The normalized spacial score (nSPS) is 9.81. The average Bonchev–Trinajstić information content (AvgIpc) is 2.54. The van der Waals surface area contributed by atoms with E-state index in [9.17, 15) is 0 Å². The molecule has 0 aliphatic rings. The van der Waals surface area contributed by atoms with Crippen LogP contribution in [0, 0.1) is 11.8 Å². The van der Waals surface area contributed by atoms with Gasteiger partial charge in [0.05, 0.1) is 13.2 Å². The summed E-state index contributed by atoms with van der Waals surface area (Å²) in [6, 6.07) is 15.2. The molecule has 0 aromatic heterocycles. The fourth-order valence-electron chi connectivity index (χ4n) is 1.88. The standard InChI is InChI=1S/C18H18O3/c19-11-4-3-8-16-7-1-2-9-17(16)14-21-18-10-5-6-15(12-18)13-20/h1-2,5-7,9-10,12,19-20H,4,11,13-14H2. The second-order valence-electron chi connectivity index (χ2n) is 4.53. The Morgan fingerprint density at radius 1 is 1.00 bits per heavy atom. The first kappa shape index (κ1) is 15.1. The van der Waals surface area contributed by atoms with E-state index in [1.807, 2.05) is 48.5 Å². The SMILES string of the molecule is OCCC#Cc1ccccc1COc1cccc(CO)c1. The Hall–Kier alpha value is -2.28. The van der Waals surface area contributed by atoms with Gasteiger partial charge in [0.15, 0.2) is 0 Å². The molecule has 0 aliphatic heterocycles. The molecule has 0 heterocycles. The number of hydrogen-bond acceptors (Lipinski definition) is 3.